The van der Waals surface area contributed by atoms with Gasteiger partial charge in [-0.2, -0.15) is 0 Å². The van der Waals surface area contributed by atoms with E-state index in [4.69, 9.17) is 14.2 Å². The van der Waals surface area contributed by atoms with Crippen LogP contribution in [-0.4, -0.2) is 46.4 Å². The molecule has 0 spiro atoms. The highest BCUT2D eigenvalue weighted by Gasteiger charge is 2.23. The molecule has 1 fully saturated rings. The predicted molar refractivity (Wildman–Crippen MR) is 86.7 cm³/mol. The zero-order valence-electron chi connectivity index (χ0n) is 13.1. The van der Waals surface area contributed by atoms with Crippen LogP contribution >= 0.6 is 12.4 Å². The Morgan fingerprint density at radius 3 is 2.45 bits per heavy atom. The van der Waals surface area contributed by atoms with E-state index in [1.165, 1.54) is 14.2 Å². The number of hydrogen-bond acceptors (Lipinski definition) is 5. The summed E-state index contributed by atoms with van der Waals surface area (Å²) in [4.78, 5) is 12.4. The van der Waals surface area contributed by atoms with Crippen LogP contribution in [0.15, 0.2) is 12.1 Å². The highest BCUT2D eigenvalue weighted by molar-refractivity contribution is 5.98. The van der Waals surface area contributed by atoms with E-state index >= 15 is 0 Å². The molecule has 0 aromatic heterocycles. The second kappa shape index (κ2) is 8.70. The Kier molecular flexibility index (Phi) is 7.27. The van der Waals surface area contributed by atoms with Gasteiger partial charge in [-0.15, -0.1) is 12.4 Å². The molecule has 0 bridgehead atoms. The van der Waals surface area contributed by atoms with Crippen LogP contribution in [0.1, 0.15) is 23.2 Å². The van der Waals surface area contributed by atoms with Gasteiger partial charge in [0.05, 0.1) is 26.9 Å². The van der Waals surface area contributed by atoms with Crippen LogP contribution in [0, 0.1) is 0 Å². The van der Waals surface area contributed by atoms with Gasteiger partial charge in [0.1, 0.15) is 0 Å². The fourth-order valence-corrected chi connectivity index (χ4v) is 2.52. The highest BCUT2D eigenvalue weighted by Crippen LogP contribution is 2.39. The quantitative estimate of drug-likeness (QED) is 0.858. The molecule has 1 amide bonds. The molecule has 1 aliphatic rings. The Balaban J connectivity index is 0.00000242. The molecular formula is C15H23ClN2O4. The van der Waals surface area contributed by atoms with Crippen molar-refractivity contribution in [2.75, 3.05) is 34.4 Å². The van der Waals surface area contributed by atoms with Gasteiger partial charge in [0.25, 0.3) is 5.91 Å². The minimum atomic E-state index is -0.165. The number of nitrogens with one attached hydrogen (secondary N) is 2. The normalized spacial score (nSPS) is 17.1. The zero-order chi connectivity index (χ0) is 15.2. The Bertz CT molecular complexity index is 505. The van der Waals surface area contributed by atoms with E-state index in [1.54, 1.807) is 19.2 Å². The first-order chi connectivity index (χ1) is 10.2. The first-order valence-electron chi connectivity index (χ1n) is 7.01. The van der Waals surface area contributed by atoms with Crippen LogP contribution in [0.3, 0.4) is 0 Å². The van der Waals surface area contributed by atoms with Gasteiger partial charge in [0.15, 0.2) is 11.5 Å². The molecule has 124 valence electrons. The monoisotopic (exact) mass is 330 g/mol. The molecule has 1 unspecified atom stereocenters. The smallest absolute Gasteiger partial charge is 0.255 e. The van der Waals surface area contributed by atoms with Crippen LogP contribution in [-0.2, 0) is 0 Å². The van der Waals surface area contributed by atoms with E-state index in [2.05, 4.69) is 10.6 Å². The lowest BCUT2D eigenvalue weighted by Crippen LogP contribution is -2.45. The third-order valence-electron chi connectivity index (χ3n) is 3.58. The van der Waals surface area contributed by atoms with Crippen molar-refractivity contribution in [1.29, 1.82) is 0 Å². The fourth-order valence-electron chi connectivity index (χ4n) is 2.52. The van der Waals surface area contributed by atoms with Crippen molar-refractivity contribution in [2.24, 2.45) is 0 Å². The molecular weight excluding hydrogens is 308 g/mol. The largest absolute Gasteiger partial charge is 0.493 e. The van der Waals surface area contributed by atoms with E-state index in [9.17, 15) is 4.79 Å². The maximum absolute atomic E-state index is 12.4. The summed E-state index contributed by atoms with van der Waals surface area (Å²) in [6.45, 7) is 1.80. The van der Waals surface area contributed by atoms with Gasteiger partial charge in [-0.25, -0.2) is 0 Å². The lowest BCUT2D eigenvalue weighted by molar-refractivity contribution is 0.0927. The van der Waals surface area contributed by atoms with Gasteiger partial charge in [0.2, 0.25) is 5.75 Å². The molecule has 1 aromatic rings. The van der Waals surface area contributed by atoms with Crippen molar-refractivity contribution in [1.82, 2.24) is 10.6 Å². The molecule has 6 nitrogen and oxygen atoms in total. The highest BCUT2D eigenvalue weighted by atomic mass is 35.5. The second-order valence-corrected chi connectivity index (χ2v) is 4.90. The van der Waals surface area contributed by atoms with Gasteiger partial charge < -0.3 is 24.8 Å². The van der Waals surface area contributed by atoms with Crippen molar-refractivity contribution >= 4 is 18.3 Å². The lowest BCUT2D eigenvalue weighted by Gasteiger charge is -2.24. The van der Waals surface area contributed by atoms with Crippen LogP contribution in [0.4, 0.5) is 0 Å². The van der Waals surface area contributed by atoms with Crippen LogP contribution < -0.4 is 24.8 Å². The molecule has 1 saturated heterocycles. The molecule has 1 aliphatic heterocycles. The third-order valence-corrected chi connectivity index (χ3v) is 3.58. The van der Waals surface area contributed by atoms with E-state index in [1.807, 2.05) is 0 Å². The molecule has 0 radical (unpaired) electrons. The summed E-state index contributed by atoms with van der Waals surface area (Å²) in [5.41, 5.74) is 0.445. The first-order valence-corrected chi connectivity index (χ1v) is 7.01. The summed E-state index contributed by atoms with van der Waals surface area (Å²) in [7, 11) is 4.58. The Morgan fingerprint density at radius 1 is 1.18 bits per heavy atom. The van der Waals surface area contributed by atoms with Crippen molar-refractivity contribution in [3.8, 4) is 17.2 Å². The number of carbonyl (C=O) groups excluding carboxylic acids is 1. The summed E-state index contributed by atoms with van der Waals surface area (Å²) in [6, 6.07) is 3.53. The second-order valence-electron chi connectivity index (χ2n) is 4.90. The van der Waals surface area contributed by atoms with E-state index in [-0.39, 0.29) is 24.4 Å². The van der Waals surface area contributed by atoms with Gasteiger partial charge in [0, 0.05) is 12.6 Å². The topological polar surface area (TPSA) is 68.8 Å². The molecule has 1 heterocycles. The van der Waals surface area contributed by atoms with Gasteiger partial charge in [-0.05, 0) is 31.5 Å². The van der Waals surface area contributed by atoms with E-state index in [0.29, 0.717) is 22.8 Å². The van der Waals surface area contributed by atoms with E-state index < -0.39 is 0 Å². The molecule has 2 N–H and O–H groups in total. The fraction of sp³-hybridized carbons (Fsp3) is 0.533. The average Bonchev–Trinajstić information content (AvgIpc) is 2.53. The summed E-state index contributed by atoms with van der Waals surface area (Å²) < 4.78 is 15.9. The molecule has 0 aliphatic carbocycles. The Morgan fingerprint density at radius 2 is 1.91 bits per heavy atom. The number of ether oxygens (including phenoxy) is 3. The Hall–Kier alpha value is -1.66. The predicted octanol–water partition coefficient (Wildman–Crippen LogP) is 1.62. The lowest BCUT2D eigenvalue weighted by atomic mass is 10.1. The first kappa shape index (κ1) is 18.4. The van der Waals surface area contributed by atoms with Crippen LogP contribution in [0.25, 0.3) is 0 Å². The maximum Gasteiger partial charge on any atom is 0.255 e. The minimum absolute atomic E-state index is 0. The molecule has 2 rings (SSSR count). The van der Waals surface area contributed by atoms with Crippen molar-refractivity contribution in [3.05, 3.63) is 17.7 Å². The number of piperidine rings is 1. The standard InChI is InChI=1S/C15H22N2O4.ClH/c1-19-12-7-6-11(13(20-2)14(12)21-3)15(18)17-10-5-4-8-16-9-10;/h6-7,10,16H,4-5,8-9H2,1-3H3,(H,17,18);1H. The van der Waals surface area contributed by atoms with Crippen molar-refractivity contribution < 1.29 is 19.0 Å². The third kappa shape index (κ3) is 3.96. The molecule has 22 heavy (non-hydrogen) atoms. The number of amides is 1. The number of halogens is 1. The molecule has 1 aromatic carbocycles. The number of carbonyl (C=O) groups is 1. The maximum atomic E-state index is 12.4. The van der Waals surface area contributed by atoms with Crippen LogP contribution in [0.5, 0.6) is 17.2 Å². The minimum Gasteiger partial charge on any atom is -0.493 e. The van der Waals surface area contributed by atoms with Crippen LogP contribution in [0.2, 0.25) is 0 Å². The van der Waals surface area contributed by atoms with Gasteiger partial charge in [-0.1, -0.05) is 0 Å². The van der Waals surface area contributed by atoms with Gasteiger partial charge in [-0.3, -0.25) is 4.79 Å². The van der Waals surface area contributed by atoms with E-state index in [0.717, 1.165) is 25.9 Å². The number of benzene rings is 1. The summed E-state index contributed by atoms with van der Waals surface area (Å²) in [5, 5.41) is 6.29. The molecule has 1 atom stereocenters. The average molecular weight is 331 g/mol. The van der Waals surface area contributed by atoms with Crippen molar-refractivity contribution in [3.63, 3.8) is 0 Å². The van der Waals surface area contributed by atoms with Crippen molar-refractivity contribution in [2.45, 2.75) is 18.9 Å². The van der Waals surface area contributed by atoms with Gasteiger partial charge >= 0.3 is 0 Å². The summed E-state index contributed by atoms with van der Waals surface area (Å²) in [5.74, 6) is 1.18. The summed E-state index contributed by atoms with van der Waals surface area (Å²) >= 11 is 0. The SMILES string of the molecule is COc1ccc(C(=O)NC2CCCNC2)c(OC)c1OC.Cl. The zero-order valence-corrected chi connectivity index (χ0v) is 13.9. The molecule has 0 saturated carbocycles. The number of hydrogen-bond donors (Lipinski definition) is 2. The number of methoxy groups -OCH3 is 3. The summed E-state index contributed by atoms with van der Waals surface area (Å²) in [6.07, 6.45) is 2.04. The Labute approximate surface area is 136 Å². The molecule has 7 heteroatoms. The number of rotatable bonds is 5.